The molecule has 0 bridgehead atoms. The summed E-state index contributed by atoms with van der Waals surface area (Å²) in [6.07, 6.45) is 3.40. The van der Waals surface area contributed by atoms with Crippen molar-refractivity contribution in [3.63, 3.8) is 0 Å². The summed E-state index contributed by atoms with van der Waals surface area (Å²) in [5.41, 5.74) is 2.25. The number of anilines is 3. The lowest BCUT2D eigenvalue weighted by Crippen LogP contribution is -2.45. The van der Waals surface area contributed by atoms with Crippen molar-refractivity contribution in [1.82, 2.24) is 15.2 Å². The number of piperidine rings is 1. The topological polar surface area (TPSA) is 72.4 Å². The van der Waals surface area contributed by atoms with E-state index in [1.165, 1.54) is 5.56 Å². The second-order valence-corrected chi connectivity index (χ2v) is 8.15. The number of aromatic nitrogens is 3. The first-order valence-electron chi connectivity index (χ1n) is 9.54. The van der Waals surface area contributed by atoms with Gasteiger partial charge in [0, 0.05) is 31.6 Å². The molecule has 0 amide bonds. The highest BCUT2D eigenvalue weighted by molar-refractivity contribution is 5.61. The van der Waals surface area contributed by atoms with Crippen molar-refractivity contribution >= 4 is 17.5 Å². The Morgan fingerprint density at radius 1 is 1.07 bits per heavy atom. The molecule has 0 unspecified atom stereocenters. The van der Waals surface area contributed by atoms with E-state index in [2.05, 4.69) is 64.4 Å². The fourth-order valence-corrected chi connectivity index (χ4v) is 3.73. The predicted octanol–water partition coefficient (Wildman–Crippen LogP) is 3.26. The Bertz CT molecular complexity index is 789. The highest BCUT2D eigenvalue weighted by Crippen LogP contribution is 2.33. The lowest BCUT2D eigenvalue weighted by Gasteiger charge is -2.37. The van der Waals surface area contributed by atoms with Crippen molar-refractivity contribution in [2.45, 2.75) is 44.8 Å². The third-order valence-corrected chi connectivity index (χ3v) is 5.19. The average molecular weight is 369 g/mol. The van der Waals surface area contributed by atoms with Gasteiger partial charge in [0.2, 0.25) is 5.95 Å². The molecule has 2 fully saturated rings. The summed E-state index contributed by atoms with van der Waals surface area (Å²) in [6, 6.07) is 8.25. The fourth-order valence-electron chi connectivity index (χ4n) is 3.73. The molecular weight excluding hydrogens is 342 g/mol. The van der Waals surface area contributed by atoms with Crippen LogP contribution in [0.25, 0.3) is 0 Å². The van der Waals surface area contributed by atoms with Gasteiger partial charge < -0.3 is 19.7 Å². The van der Waals surface area contributed by atoms with Crippen LogP contribution in [0.1, 0.15) is 39.2 Å². The first-order chi connectivity index (χ1) is 13.0. The number of nitrogens with one attached hydrogen (secondary N) is 1. The predicted molar refractivity (Wildman–Crippen MR) is 104 cm³/mol. The maximum atomic E-state index is 5.80. The van der Waals surface area contributed by atoms with E-state index < -0.39 is 0 Å². The van der Waals surface area contributed by atoms with Crippen molar-refractivity contribution in [3.8, 4) is 0 Å². The summed E-state index contributed by atoms with van der Waals surface area (Å²) >= 11 is 0. The van der Waals surface area contributed by atoms with Crippen molar-refractivity contribution in [2.75, 3.05) is 36.5 Å². The minimum atomic E-state index is -0.385. The van der Waals surface area contributed by atoms with Crippen LogP contribution in [-0.2, 0) is 14.9 Å². The number of benzene rings is 1. The Hall–Kier alpha value is -2.25. The molecule has 0 saturated carbocycles. The van der Waals surface area contributed by atoms with Crippen molar-refractivity contribution in [1.29, 1.82) is 0 Å². The van der Waals surface area contributed by atoms with Gasteiger partial charge in [0.05, 0.1) is 19.4 Å². The molecule has 144 valence electrons. The second-order valence-electron chi connectivity index (χ2n) is 8.15. The van der Waals surface area contributed by atoms with E-state index in [0.29, 0.717) is 19.2 Å². The van der Waals surface area contributed by atoms with Gasteiger partial charge in [0.1, 0.15) is 0 Å². The Balaban J connectivity index is 1.49. The van der Waals surface area contributed by atoms with Gasteiger partial charge in [-0.1, -0.05) is 39.0 Å². The van der Waals surface area contributed by atoms with Gasteiger partial charge in [-0.15, -0.1) is 5.10 Å². The van der Waals surface area contributed by atoms with Crippen LogP contribution in [0.2, 0.25) is 0 Å². The van der Waals surface area contributed by atoms with E-state index in [1.807, 2.05) is 6.07 Å². The number of ether oxygens (including phenoxy) is 2. The van der Waals surface area contributed by atoms with E-state index in [9.17, 15) is 0 Å². The molecule has 2 saturated heterocycles. The molecule has 1 aromatic carbocycles. The van der Waals surface area contributed by atoms with E-state index in [4.69, 9.17) is 9.47 Å². The van der Waals surface area contributed by atoms with Crippen LogP contribution in [0.15, 0.2) is 30.5 Å². The maximum Gasteiger partial charge on any atom is 0.249 e. The fraction of sp³-hybridized carbons (Fsp3) is 0.550. The van der Waals surface area contributed by atoms with Gasteiger partial charge >= 0.3 is 0 Å². The Kier molecular flexibility index (Phi) is 4.74. The van der Waals surface area contributed by atoms with Crippen molar-refractivity contribution < 1.29 is 9.47 Å². The summed E-state index contributed by atoms with van der Waals surface area (Å²) in [5, 5.41) is 11.7. The van der Waals surface area contributed by atoms with Crippen LogP contribution >= 0.6 is 0 Å². The lowest BCUT2D eigenvalue weighted by molar-refractivity contribution is -0.169. The minimum absolute atomic E-state index is 0.0249. The smallest absolute Gasteiger partial charge is 0.249 e. The third kappa shape index (κ3) is 3.89. The normalized spacial score (nSPS) is 19.4. The summed E-state index contributed by atoms with van der Waals surface area (Å²) in [6.45, 7) is 9.62. The zero-order valence-electron chi connectivity index (χ0n) is 16.2. The highest BCUT2D eigenvalue weighted by Gasteiger charge is 2.40. The molecule has 2 aromatic rings. The van der Waals surface area contributed by atoms with Crippen LogP contribution in [0.4, 0.5) is 17.5 Å². The molecule has 3 heterocycles. The van der Waals surface area contributed by atoms with Crippen LogP contribution in [-0.4, -0.2) is 47.3 Å². The van der Waals surface area contributed by atoms with Crippen molar-refractivity contribution in [2.24, 2.45) is 0 Å². The number of para-hydroxylation sites is 1. The van der Waals surface area contributed by atoms with E-state index in [0.717, 1.165) is 37.4 Å². The van der Waals surface area contributed by atoms with Gasteiger partial charge in [0.15, 0.2) is 11.6 Å². The first-order valence-corrected chi connectivity index (χ1v) is 9.54. The molecule has 0 aliphatic carbocycles. The quantitative estimate of drug-likeness (QED) is 0.890. The van der Waals surface area contributed by atoms with E-state index in [1.54, 1.807) is 6.20 Å². The maximum absolute atomic E-state index is 5.80. The Labute approximate surface area is 160 Å². The van der Waals surface area contributed by atoms with E-state index in [-0.39, 0.29) is 11.2 Å². The molecule has 2 aliphatic heterocycles. The summed E-state index contributed by atoms with van der Waals surface area (Å²) < 4.78 is 11.6. The van der Waals surface area contributed by atoms with Gasteiger partial charge in [-0.3, -0.25) is 0 Å². The van der Waals surface area contributed by atoms with Crippen LogP contribution in [0.5, 0.6) is 0 Å². The molecule has 1 N–H and O–H groups in total. The second kappa shape index (κ2) is 7.05. The van der Waals surface area contributed by atoms with Crippen LogP contribution < -0.4 is 10.2 Å². The lowest BCUT2D eigenvalue weighted by atomic mass is 9.86. The van der Waals surface area contributed by atoms with Gasteiger partial charge in [-0.2, -0.15) is 10.1 Å². The molecule has 0 atom stereocenters. The summed E-state index contributed by atoms with van der Waals surface area (Å²) in [5.74, 6) is 0.954. The van der Waals surface area contributed by atoms with E-state index >= 15 is 0 Å². The van der Waals surface area contributed by atoms with Gasteiger partial charge in [-0.25, -0.2) is 0 Å². The Morgan fingerprint density at radius 3 is 2.48 bits per heavy atom. The summed E-state index contributed by atoms with van der Waals surface area (Å²) in [7, 11) is 0. The molecule has 7 nitrogen and oxygen atoms in total. The largest absolute Gasteiger partial charge is 0.355 e. The molecular formula is C20H27N5O2. The molecule has 2 aliphatic rings. The molecule has 1 spiro atoms. The average Bonchev–Trinajstić information content (AvgIpc) is 3.10. The van der Waals surface area contributed by atoms with Gasteiger partial charge in [-0.05, 0) is 17.0 Å². The Morgan fingerprint density at radius 2 is 1.78 bits per heavy atom. The third-order valence-electron chi connectivity index (χ3n) is 5.19. The number of rotatable bonds is 3. The monoisotopic (exact) mass is 369 g/mol. The summed E-state index contributed by atoms with van der Waals surface area (Å²) in [4.78, 5) is 6.90. The molecule has 27 heavy (non-hydrogen) atoms. The standard InChI is InChI=1S/C20H27N5O2/c1-19(2,3)15-6-4-5-7-16(15)22-18-23-17(14-21-24-18)25-10-8-20(9-11-25)26-12-13-27-20/h4-7,14H,8-13H2,1-3H3,(H,22,23,24). The van der Waals surface area contributed by atoms with Crippen LogP contribution in [0, 0.1) is 0 Å². The first kappa shape index (κ1) is 18.1. The van der Waals surface area contributed by atoms with Crippen LogP contribution in [0.3, 0.4) is 0 Å². The number of hydrogen-bond donors (Lipinski definition) is 1. The molecule has 4 rings (SSSR count). The molecule has 1 aromatic heterocycles. The molecule has 7 heteroatoms. The number of nitrogens with zero attached hydrogens (tertiary/aromatic N) is 4. The van der Waals surface area contributed by atoms with Crippen molar-refractivity contribution in [3.05, 3.63) is 36.0 Å². The zero-order valence-corrected chi connectivity index (χ0v) is 16.2. The SMILES string of the molecule is CC(C)(C)c1ccccc1Nc1nncc(N2CCC3(CC2)OCCO3)n1. The minimum Gasteiger partial charge on any atom is -0.355 e. The zero-order chi connectivity index (χ0) is 18.9. The van der Waals surface area contributed by atoms with Gasteiger partial charge in [0.25, 0.3) is 0 Å². The number of hydrogen-bond acceptors (Lipinski definition) is 7. The molecule has 0 radical (unpaired) electrons. The highest BCUT2D eigenvalue weighted by atomic mass is 16.7.